The van der Waals surface area contributed by atoms with Crippen LogP contribution in [0.2, 0.25) is 0 Å². The van der Waals surface area contributed by atoms with Crippen LogP contribution in [0.5, 0.6) is 0 Å². The summed E-state index contributed by atoms with van der Waals surface area (Å²) in [6.45, 7) is 2.67. The van der Waals surface area contributed by atoms with Gasteiger partial charge in [0.05, 0.1) is 30.2 Å². The van der Waals surface area contributed by atoms with Gasteiger partial charge < -0.3 is 30.9 Å². The summed E-state index contributed by atoms with van der Waals surface area (Å²) in [5.74, 6) is -0.170. The third kappa shape index (κ3) is 12.2. The number of aliphatic hydroxyl groups excluding tert-OH is 1. The standard InChI is InChI=1S/C51H54N4O5/c52-46-21-7-8-22-47(46)54-50(58)24-10-9-23-49(57)53-32-40-17-11-18-42(29-40)43-19-12-20-44(30-43)51-59-45(31-48(60-51)41-27-25-39(36-56)26-28-41)35-55(33-37-13-3-1-4-14-37)34-38-15-5-2-6-16-38/h1-8,11-22,25-30,45,48,51,56H,9-10,23-24,31-36,52H2,(H,53,57)(H,54,58)/t45-,48+,51+/m1/s1. The van der Waals surface area contributed by atoms with Gasteiger partial charge in [0.1, 0.15) is 0 Å². The molecule has 6 aromatic carbocycles. The van der Waals surface area contributed by atoms with Gasteiger partial charge in [0, 0.05) is 51.0 Å². The van der Waals surface area contributed by atoms with E-state index in [2.05, 4.69) is 94.4 Å². The minimum absolute atomic E-state index is 0.0115. The Morgan fingerprint density at radius 1 is 0.633 bits per heavy atom. The first-order valence-corrected chi connectivity index (χ1v) is 20.8. The number of hydrogen-bond donors (Lipinski definition) is 4. The SMILES string of the molecule is Nc1ccccc1NC(=O)CCCCC(=O)NCc1cccc(-c2cccc([C@H]3O[C@@H](CN(Cc4ccccc4)Cc4ccccc4)C[C@@H](c4ccc(CO)cc4)O3)c2)c1. The first-order valence-electron chi connectivity index (χ1n) is 20.8. The minimum atomic E-state index is -0.605. The summed E-state index contributed by atoms with van der Waals surface area (Å²) in [6.07, 6.45) is 1.61. The molecular formula is C51H54N4O5. The molecule has 2 amide bonds. The van der Waals surface area contributed by atoms with Crippen molar-refractivity contribution in [1.82, 2.24) is 10.2 Å². The summed E-state index contributed by atoms with van der Waals surface area (Å²) in [4.78, 5) is 27.5. The van der Waals surface area contributed by atoms with Crippen LogP contribution in [-0.4, -0.2) is 34.5 Å². The fourth-order valence-corrected chi connectivity index (χ4v) is 7.60. The van der Waals surface area contributed by atoms with E-state index in [1.807, 2.05) is 66.7 Å². The van der Waals surface area contributed by atoms with E-state index in [-0.39, 0.29) is 30.6 Å². The molecule has 1 aliphatic heterocycles. The lowest BCUT2D eigenvalue weighted by molar-refractivity contribution is -0.253. The number of unbranched alkanes of at least 4 members (excludes halogenated alkanes) is 1. The van der Waals surface area contributed by atoms with Crippen LogP contribution in [0.1, 0.15) is 77.9 Å². The fraction of sp³-hybridized carbons (Fsp3) is 0.255. The second kappa shape index (κ2) is 21.2. The van der Waals surface area contributed by atoms with Gasteiger partial charge in [0.2, 0.25) is 11.8 Å². The molecular weight excluding hydrogens is 749 g/mol. The molecule has 0 bridgehead atoms. The number of nitrogens with one attached hydrogen (secondary N) is 2. The van der Waals surface area contributed by atoms with Gasteiger partial charge >= 0.3 is 0 Å². The highest BCUT2D eigenvalue weighted by atomic mass is 16.7. The number of anilines is 2. The number of amides is 2. The summed E-state index contributed by atoms with van der Waals surface area (Å²) < 4.78 is 13.6. The molecule has 9 nitrogen and oxygen atoms in total. The number of hydrogen-bond acceptors (Lipinski definition) is 7. The van der Waals surface area contributed by atoms with Gasteiger partial charge in [-0.05, 0) is 76.1 Å². The Morgan fingerprint density at radius 3 is 1.93 bits per heavy atom. The summed E-state index contributed by atoms with van der Waals surface area (Å²) in [6, 6.07) is 52.7. The molecule has 0 aliphatic carbocycles. The Kier molecular flexibility index (Phi) is 14.9. The third-order valence-corrected chi connectivity index (χ3v) is 10.8. The predicted molar refractivity (Wildman–Crippen MR) is 237 cm³/mol. The van der Waals surface area contributed by atoms with Crippen LogP contribution < -0.4 is 16.4 Å². The zero-order chi connectivity index (χ0) is 41.5. The van der Waals surface area contributed by atoms with Gasteiger partial charge in [-0.3, -0.25) is 14.5 Å². The van der Waals surface area contributed by atoms with Crippen LogP contribution in [-0.2, 0) is 45.3 Å². The zero-order valence-electron chi connectivity index (χ0n) is 33.9. The Labute approximate surface area is 353 Å². The van der Waals surface area contributed by atoms with Crippen molar-refractivity contribution in [3.63, 3.8) is 0 Å². The van der Waals surface area contributed by atoms with Crippen molar-refractivity contribution in [2.45, 2.75) is 76.8 Å². The van der Waals surface area contributed by atoms with Gasteiger partial charge in [-0.1, -0.05) is 133 Å². The van der Waals surface area contributed by atoms with E-state index in [9.17, 15) is 14.7 Å². The predicted octanol–water partition coefficient (Wildman–Crippen LogP) is 9.49. The van der Waals surface area contributed by atoms with Gasteiger partial charge in [-0.15, -0.1) is 0 Å². The first kappa shape index (κ1) is 42.0. The second-order valence-electron chi connectivity index (χ2n) is 15.4. The van der Waals surface area contributed by atoms with Crippen molar-refractivity contribution in [3.05, 3.63) is 191 Å². The van der Waals surface area contributed by atoms with E-state index >= 15 is 0 Å². The normalized spacial score (nSPS) is 16.3. The van der Waals surface area contributed by atoms with Crippen LogP contribution in [0.15, 0.2) is 158 Å². The van der Waals surface area contributed by atoms with Gasteiger partial charge in [-0.2, -0.15) is 0 Å². The highest BCUT2D eigenvalue weighted by molar-refractivity contribution is 5.93. The molecule has 1 saturated heterocycles. The Hall–Kier alpha value is -6.10. The number of benzene rings is 6. The third-order valence-electron chi connectivity index (χ3n) is 10.8. The molecule has 0 saturated carbocycles. The number of rotatable bonds is 18. The van der Waals surface area contributed by atoms with Crippen molar-refractivity contribution in [1.29, 1.82) is 0 Å². The van der Waals surface area contributed by atoms with E-state index in [1.54, 1.807) is 12.1 Å². The maximum Gasteiger partial charge on any atom is 0.224 e. The number of carbonyl (C=O) groups excluding carboxylic acids is 2. The van der Waals surface area contributed by atoms with Crippen LogP contribution in [0.3, 0.4) is 0 Å². The molecule has 308 valence electrons. The highest BCUT2D eigenvalue weighted by Gasteiger charge is 2.33. The Morgan fingerprint density at radius 2 is 1.25 bits per heavy atom. The number of ether oxygens (including phenoxy) is 2. The first-order chi connectivity index (χ1) is 29.4. The largest absolute Gasteiger partial charge is 0.397 e. The summed E-state index contributed by atoms with van der Waals surface area (Å²) in [5, 5.41) is 15.6. The monoisotopic (exact) mass is 802 g/mol. The molecule has 7 rings (SSSR count). The number of nitrogen functional groups attached to an aromatic ring is 1. The topological polar surface area (TPSA) is 126 Å². The highest BCUT2D eigenvalue weighted by Crippen LogP contribution is 2.39. The zero-order valence-corrected chi connectivity index (χ0v) is 33.9. The maximum absolute atomic E-state index is 12.7. The van der Waals surface area contributed by atoms with Crippen molar-refractivity contribution in [3.8, 4) is 11.1 Å². The lowest BCUT2D eigenvalue weighted by atomic mass is 9.98. The molecule has 0 aromatic heterocycles. The lowest BCUT2D eigenvalue weighted by Gasteiger charge is -2.38. The molecule has 1 fully saturated rings. The quantitative estimate of drug-likeness (QED) is 0.0504. The Bertz CT molecular complexity index is 2240. The van der Waals surface area contributed by atoms with Crippen LogP contribution in [0, 0.1) is 0 Å². The molecule has 9 heteroatoms. The molecule has 0 radical (unpaired) electrons. The molecule has 1 aliphatic rings. The number of carbonyl (C=O) groups is 2. The summed E-state index contributed by atoms with van der Waals surface area (Å²) >= 11 is 0. The van der Waals surface area contributed by atoms with E-state index in [4.69, 9.17) is 15.2 Å². The molecule has 5 N–H and O–H groups in total. The Balaban J connectivity index is 1.00. The molecule has 1 heterocycles. The lowest BCUT2D eigenvalue weighted by Crippen LogP contribution is -2.39. The van der Waals surface area contributed by atoms with E-state index in [1.165, 1.54) is 11.1 Å². The summed E-state index contributed by atoms with van der Waals surface area (Å²) in [5.41, 5.74) is 15.4. The number of nitrogens with two attached hydrogens (primary N) is 1. The molecule has 60 heavy (non-hydrogen) atoms. The second-order valence-corrected chi connectivity index (χ2v) is 15.4. The van der Waals surface area contributed by atoms with Crippen LogP contribution >= 0.6 is 0 Å². The minimum Gasteiger partial charge on any atom is -0.397 e. The average Bonchev–Trinajstić information content (AvgIpc) is 3.28. The number of nitrogens with zero attached hydrogens (tertiary/aromatic N) is 1. The van der Waals surface area contributed by atoms with E-state index in [0.717, 1.165) is 46.5 Å². The molecule has 0 spiro atoms. The van der Waals surface area contributed by atoms with Crippen molar-refractivity contribution in [2.75, 3.05) is 17.6 Å². The molecule has 0 unspecified atom stereocenters. The van der Waals surface area contributed by atoms with Crippen LogP contribution in [0.4, 0.5) is 11.4 Å². The summed E-state index contributed by atoms with van der Waals surface area (Å²) in [7, 11) is 0. The fourth-order valence-electron chi connectivity index (χ4n) is 7.60. The number of para-hydroxylation sites is 2. The molecule has 6 aromatic rings. The smallest absolute Gasteiger partial charge is 0.224 e. The van der Waals surface area contributed by atoms with Gasteiger partial charge in [0.25, 0.3) is 0 Å². The maximum atomic E-state index is 12.7. The van der Waals surface area contributed by atoms with Gasteiger partial charge in [0.15, 0.2) is 6.29 Å². The van der Waals surface area contributed by atoms with Crippen molar-refractivity contribution < 1.29 is 24.2 Å². The van der Waals surface area contributed by atoms with Crippen LogP contribution in [0.25, 0.3) is 11.1 Å². The van der Waals surface area contributed by atoms with Gasteiger partial charge in [-0.25, -0.2) is 0 Å². The molecule has 3 atom stereocenters. The average molecular weight is 803 g/mol. The van der Waals surface area contributed by atoms with Crippen molar-refractivity contribution >= 4 is 23.2 Å². The van der Waals surface area contributed by atoms with Crippen molar-refractivity contribution in [2.24, 2.45) is 0 Å². The van der Waals surface area contributed by atoms with E-state index < -0.39 is 6.29 Å². The number of aliphatic hydroxyl groups is 1. The van der Waals surface area contributed by atoms with E-state index in [0.29, 0.717) is 56.6 Å².